The van der Waals surface area contributed by atoms with Crippen LogP contribution in [0.15, 0.2) is 29.2 Å². The number of nitrogens with two attached hydrogens (primary N) is 1. The Bertz CT molecular complexity index is 689. The van der Waals surface area contributed by atoms with E-state index in [9.17, 15) is 13.2 Å². The highest BCUT2D eigenvalue weighted by Gasteiger charge is 2.16. The van der Waals surface area contributed by atoms with Gasteiger partial charge in [-0.3, -0.25) is 4.79 Å². The lowest BCUT2D eigenvalue weighted by atomic mass is 10.0. The number of amides is 1. The van der Waals surface area contributed by atoms with Gasteiger partial charge in [-0.15, -0.1) is 0 Å². The van der Waals surface area contributed by atoms with Crippen LogP contribution in [0.3, 0.4) is 0 Å². The van der Waals surface area contributed by atoms with Crippen molar-refractivity contribution >= 4 is 89.1 Å². The molecule has 0 aliphatic rings. The normalized spacial score (nSPS) is 9.86. The number of anilines is 1. The van der Waals surface area contributed by atoms with Crippen LogP contribution in [0.1, 0.15) is 110 Å². The molecule has 0 saturated carbocycles. The molecule has 1 aromatic carbocycles. The fraction of sp³-hybridized carbons (Fsp3) is 0.708. The van der Waals surface area contributed by atoms with Gasteiger partial charge in [0.1, 0.15) is 0 Å². The molecule has 0 spiro atoms. The van der Waals surface area contributed by atoms with Gasteiger partial charge in [0, 0.05) is 12.1 Å². The maximum Gasteiger partial charge on any atom is 0.264 e. The molecular weight excluding hydrogens is 557 g/mol. The van der Waals surface area contributed by atoms with Crippen molar-refractivity contribution in [3.8, 4) is 0 Å². The molecule has 1 rings (SSSR count). The van der Waals surface area contributed by atoms with Gasteiger partial charge in [0.2, 0.25) is 5.91 Å². The summed E-state index contributed by atoms with van der Waals surface area (Å²) in [5, 5.41) is 0. The molecule has 3 N–H and O–H groups in total. The summed E-state index contributed by atoms with van der Waals surface area (Å²) >= 11 is 0. The number of unbranched alkanes of at least 4 members (excludes halogenated alkanes) is 14. The van der Waals surface area contributed by atoms with E-state index in [2.05, 4.69) is 11.6 Å². The molecule has 0 unspecified atom stereocenters. The van der Waals surface area contributed by atoms with Gasteiger partial charge in [0.05, 0.1) is 4.90 Å². The molecule has 0 saturated heterocycles. The van der Waals surface area contributed by atoms with E-state index < -0.39 is 15.9 Å². The molecule has 0 bridgehead atoms. The topological polar surface area (TPSA) is 89.3 Å². The predicted molar refractivity (Wildman–Crippen MR) is 178 cm³/mol. The van der Waals surface area contributed by atoms with E-state index in [0.717, 1.165) is 19.3 Å². The van der Waals surface area contributed by atoms with Crippen molar-refractivity contribution in [2.45, 2.75) is 115 Å². The first-order valence-electron chi connectivity index (χ1n) is 11.9. The molecule has 0 radical (unpaired) electrons. The summed E-state index contributed by atoms with van der Waals surface area (Å²) < 4.78 is 26.4. The van der Waals surface area contributed by atoms with Crippen molar-refractivity contribution in [1.82, 2.24) is 4.72 Å². The third-order valence-electron chi connectivity index (χ3n) is 5.45. The second-order valence-electron chi connectivity index (χ2n) is 8.30. The summed E-state index contributed by atoms with van der Waals surface area (Å²) in [7, 11) is -3.80. The van der Waals surface area contributed by atoms with Crippen molar-refractivity contribution < 1.29 is 13.2 Å². The van der Waals surface area contributed by atoms with E-state index in [-0.39, 0.29) is 78.8 Å². The smallest absolute Gasteiger partial charge is 0.264 e. The fourth-order valence-corrected chi connectivity index (χ4v) is 4.58. The zero-order valence-electron chi connectivity index (χ0n) is 21.3. The molecule has 0 aliphatic carbocycles. The lowest BCUT2D eigenvalue weighted by molar-refractivity contribution is -0.119. The molecule has 0 aromatic heterocycles. The molecule has 0 heterocycles. The van der Waals surface area contributed by atoms with Crippen LogP contribution in [-0.4, -0.2) is 14.3 Å². The number of nitrogens with one attached hydrogen (secondary N) is 1. The molecular formula is C24H52N2O3S6. The van der Waals surface area contributed by atoms with Crippen LogP contribution in [-0.2, 0) is 14.8 Å². The number of hydrogen-bond acceptors (Lipinski definition) is 4. The second kappa shape index (κ2) is 28.8. The van der Waals surface area contributed by atoms with E-state index in [1.54, 1.807) is 0 Å². The first-order chi connectivity index (χ1) is 14.5. The molecule has 0 atom stereocenters. The van der Waals surface area contributed by atoms with Crippen molar-refractivity contribution in [2.75, 3.05) is 5.73 Å². The number of nitrogen functional groups attached to an aromatic ring is 1. The maximum atomic E-state index is 12.1. The van der Waals surface area contributed by atoms with Crippen LogP contribution in [0.5, 0.6) is 0 Å². The van der Waals surface area contributed by atoms with Crippen LogP contribution >= 0.6 is 67.5 Å². The van der Waals surface area contributed by atoms with E-state index in [4.69, 9.17) is 5.73 Å². The first-order valence-corrected chi connectivity index (χ1v) is 13.3. The van der Waals surface area contributed by atoms with E-state index in [1.165, 1.54) is 101 Å². The van der Waals surface area contributed by atoms with Gasteiger partial charge in [-0.05, 0) is 30.7 Å². The Hall–Kier alpha value is 0.190. The van der Waals surface area contributed by atoms with Gasteiger partial charge in [0.15, 0.2) is 0 Å². The van der Waals surface area contributed by atoms with Gasteiger partial charge >= 0.3 is 0 Å². The number of benzene rings is 1. The summed E-state index contributed by atoms with van der Waals surface area (Å²) in [6, 6.07) is 5.82. The Morgan fingerprint density at radius 2 is 1.00 bits per heavy atom. The summed E-state index contributed by atoms with van der Waals surface area (Å²) in [6.07, 6.45) is 19.2. The minimum absolute atomic E-state index is 0. The Kier molecular flexibility index (Phi) is 37.1. The standard InChI is InChI=1S/C24H42N2O3S.5H2S/c1-2-3-4-5-6-7-8-9-10-11-12-13-14-15-16-17-24(27)26-30(28,29)23-20-18-22(25)19-21-23;;;;;/h18-21H,2-17,25H2,1H3,(H,26,27);5*1H2. The van der Waals surface area contributed by atoms with E-state index in [1.807, 2.05) is 0 Å². The second-order valence-corrected chi connectivity index (χ2v) is 9.98. The number of rotatable bonds is 18. The van der Waals surface area contributed by atoms with Crippen LogP contribution in [0.25, 0.3) is 0 Å². The number of carbonyl (C=O) groups is 1. The zero-order valence-corrected chi connectivity index (χ0v) is 27.1. The first kappa shape index (κ1) is 45.1. The average Bonchev–Trinajstić information content (AvgIpc) is 2.71. The fourth-order valence-electron chi connectivity index (χ4n) is 3.56. The van der Waals surface area contributed by atoms with Crippen LogP contribution in [0.2, 0.25) is 0 Å². The van der Waals surface area contributed by atoms with E-state index in [0.29, 0.717) is 5.69 Å². The highest BCUT2D eigenvalue weighted by Crippen LogP contribution is 2.14. The lowest BCUT2D eigenvalue weighted by Crippen LogP contribution is -2.30. The zero-order chi connectivity index (χ0) is 22.1. The maximum absolute atomic E-state index is 12.1. The Morgan fingerprint density at radius 1 is 0.657 bits per heavy atom. The predicted octanol–water partition coefficient (Wildman–Crippen LogP) is 6.90. The Morgan fingerprint density at radius 3 is 1.37 bits per heavy atom. The van der Waals surface area contributed by atoms with Crippen molar-refractivity contribution in [2.24, 2.45) is 0 Å². The number of hydrogen-bond donors (Lipinski definition) is 2. The SMILES string of the molecule is CCCCCCCCCCCCCCCCCC(=O)NS(=O)(=O)c1ccc(N)cc1.S.S.S.S.S. The molecule has 1 amide bonds. The van der Waals surface area contributed by atoms with Crippen LogP contribution in [0, 0.1) is 0 Å². The van der Waals surface area contributed by atoms with E-state index >= 15 is 0 Å². The van der Waals surface area contributed by atoms with Gasteiger partial charge in [0.25, 0.3) is 10.0 Å². The average molecular weight is 609 g/mol. The third-order valence-corrected chi connectivity index (χ3v) is 6.84. The largest absolute Gasteiger partial charge is 0.399 e. The molecule has 11 heteroatoms. The molecule has 0 fully saturated rings. The Labute approximate surface area is 250 Å². The molecule has 1 aromatic rings. The van der Waals surface area contributed by atoms with Crippen LogP contribution in [0.4, 0.5) is 5.69 Å². The van der Waals surface area contributed by atoms with Crippen LogP contribution < -0.4 is 10.5 Å². The summed E-state index contributed by atoms with van der Waals surface area (Å²) in [5.41, 5.74) is 6.04. The molecule has 35 heavy (non-hydrogen) atoms. The van der Waals surface area contributed by atoms with Gasteiger partial charge in [-0.1, -0.05) is 96.8 Å². The Balaban J connectivity index is -0.000000600. The molecule has 5 nitrogen and oxygen atoms in total. The van der Waals surface area contributed by atoms with Crippen molar-refractivity contribution in [1.29, 1.82) is 0 Å². The molecule has 0 aliphatic heterocycles. The number of carbonyl (C=O) groups excluding carboxylic acids is 1. The summed E-state index contributed by atoms with van der Waals surface area (Å²) in [6.45, 7) is 2.26. The monoisotopic (exact) mass is 608 g/mol. The van der Waals surface area contributed by atoms with Gasteiger partial charge in [-0.2, -0.15) is 67.5 Å². The minimum atomic E-state index is -3.80. The third kappa shape index (κ3) is 24.3. The molecule has 212 valence electrons. The summed E-state index contributed by atoms with van der Waals surface area (Å²) in [4.78, 5) is 12.0. The quantitative estimate of drug-likeness (QED) is 0.140. The highest BCUT2D eigenvalue weighted by atomic mass is 32.2. The van der Waals surface area contributed by atoms with Gasteiger partial charge in [-0.25, -0.2) is 13.1 Å². The lowest BCUT2D eigenvalue weighted by Gasteiger charge is -2.07. The highest BCUT2D eigenvalue weighted by molar-refractivity contribution is 7.90. The van der Waals surface area contributed by atoms with Gasteiger partial charge < -0.3 is 5.73 Å². The minimum Gasteiger partial charge on any atom is -0.399 e. The number of sulfonamides is 1. The summed E-state index contributed by atoms with van der Waals surface area (Å²) in [5.74, 6) is -0.443. The van der Waals surface area contributed by atoms with Crippen molar-refractivity contribution in [3.05, 3.63) is 24.3 Å². The van der Waals surface area contributed by atoms with Crippen molar-refractivity contribution in [3.63, 3.8) is 0 Å².